The zero-order valence-electron chi connectivity index (χ0n) is 8.88. The average molecular weight is 214 g/mol. The number of amidine groups is 1. The molecule has 1 rings (SSSR count). The Morgan fingerprint density at radius 3 is 3.00 bits per heavy atom. The highest BCUT2D eigenvalue weighted by atomic mass is 31.0. The van der Waals surface area contributed by atoms with E-state index in [0.717, 1.165) is 25.1 Å². The lowest BCUT2D eigenvalue weighted by molar-refractivity contribution is 0.232. The first-order chi connectivity index (χ1) is 6.58. The maximum Gasteiger partial charge on any atom is 0.134 e. The topological polar surface area (TPSA) is 51.5 Å². The summed E-state index contributed by atoms with van der Waals surface area (Å²) in [5.41, 5.74) is 0.873. The summed E-state index contributed by atoms with van der Waals surface area (Å²) < 4.78 is 0. The Kier molecular flexibility index (Phi) is 4.66. The Balaban J connectivity index is 2.36. The lowest BCUT2D eigenvalue weighted by atomic mass is 10.2. The predicted octanol–water partition coefficient (Wildman–Crippen LogP) is 0.551. The summed E-state index contributed by atoms with van der Waals surface area (Å²) in [5.74, 6) is 0.451. The van der Waals surface area contributed by atoms with E-state index < -0.39 is 0 Å². The summed E-state index contributed by atoms with van der Waals surface area (Å²) in [6, 6.07) is 0.526. The smallest absolute Gasteiger partial charge is 0.134 e. The molecule has 0 amide bonds. The molecule has 4 nitrogen and oxygen atoms in total. The Labute approximate surface area is 87.9 Å². The number of rotatable bonds is 2. The van der Waals surface area contributed by atoms with Crippen molar-refractivity contribution in [3.8, 4) is 0 Å². The highest BCUT2D eigenvalue weighted by Crippen LogP contribution is 1.99. The minimum atomic E-state index is 0.451. The first-order valence-corrected chi connectivity index (χ1v) is 5.49. The minimum Gasteiger partial charge on any atom is -0.312 e. The largest absolute Gasteiger partial charge is 0.312 e. The van der Waals surface area contributed by atoms with Gasteiger partial charge in [-0.3, -0.25) is 10.3 Å². The molecular formula is C9H19N4P. The van der Waals surface area contributed by atoms with E-state index >= 15 is 0 Å². The predicted molar refractivity (Wildman–Crippen MR) is 64.5 cm³/mol. The molecule has 0 aromatic carbocycles. The van der Waals surface area contributed by atoms with Crippen LogP contribution in [0.5, 0.6) is 0 Å². The van der Waals surface area contributed by atoms with Crippen LogP contribution in [-0.4, -0.2) is 48.4 Å². The molecule has 0 aromatic rings. The van der Waals surface area contributed by atoms with Crippen LogP contribution < -0.4 is 5.32 Å². The minimum absolute atomic E-state index is 0.451. The van der Waals surface area contributed by atoms with Gasteiger partial charge in [0, 0.05) is 31.1 Å². The van der Waals surface area contributed by atoms with Gasteiger partial charge in [-0.15, -0.1) is 0 Å². The van der Waals surface area contributed by atoms with Crippen molar-refractivity contribution < 1.29 is 0 Å². The zero-order valence-corrected chi connectivity index (χ0v) is 10.0. The highest BCUT2D eigenvalue weighted by molar-refractivity contribution is 7.40. The van der Waals surface area contributed by atoms with Gasteiger partial charge in [0.15, 0.2) is 0 Å². The van der Waals surface area contributed by atoms with Crippen LogP contribution in [0.15, 0.2) is 4.99 Å². The molecule has 80 valence electrons. The molecule has 14 heavy (non-hydrogen) atoms. The fourth-order valence-electron chi connectivity index (χ4n) is 1.62. The van der Waals surface area contributed by atoms with Crippen molar-refractivity contribution in [1.82, 2.24) is 10.2 Å². The molecule has 0 spiro atoms. The molecule has 2 atom stereocenters. The van der Waals surface area contributed by atoms with Crippen LogP contribution in [0.3, 0.4) is 0 Å². The molecule has 1 unspecified atom stereocenters. The van der Waals surface area contributed by atoms with E-state index in [1.54, 1.807) is 0 Å². The number of hydrogen-bond donors (Lipinski definition) is 2. The molecule has 1 saturated heterocycles. The van der Waals surface area contributed by atoms with Gasteiger partial charge in [0.25, 0.3) is 0 Å². The molecule has 1 fully saturated rings. The van der Waals surface area contributed by atoms with Crippen molar-refractivity contribution in [2.24, 2.45) is 4.99 Å². The summed E-state index contributed by atoms with van der Waals surface area (Å²) in [7, 11) is 2.51. The Morgan fingerprint density at radius 1 is 1.71 bits per heavy atom. The molecule has 2 N–H and O–H groups in total. The van der Waals surface area contributed by atoms with Gasteiger partial charge < -0.3 is 5.32 Å². The normalized spacial score (nSPS) is 25.1. The maximum absolute atomic E-state index is 7.66. The summed E-state index contributed by atoms with van der Waals surface area (Å²) in [6.45, 7) is 7.75. The van der Waals surface area contributed by atoms with E-state index in [1.807, 2.05) is 6.92 Å². The van der Waals surface area contributed by atoms with Crippen molar-refractivity contribution in [3.05, 3.63) is 0 Å². The van der Waals surface area contributed by atoms with Crippen LogP contribution in [0, 0.1) is 5.41 Å². The van der Waals surface area contributed by atoms with Gasteiger partial charge >= 0.3 is 0 Å². The van der Waals surface area contributed by atoms with Gasteiger partial charge in [-0.2, -0.15) is 0 Å². The SMILES string of the molecule is CC(P)=NC(=N)CN1CCN[C@H](C)C1. The molecule has 1 aliphatic heterocycles. The molecular weight excluding hydrogens is 195 g/mol. The second kappa shape index (κ2) is 5.54. The van der Waals surface area contributed by atoms with Crippen LogP contribution in [0.4, 0.5) is 0 Å². The second-order valence-corrected chi connectivity index (χ2v) is 4.63. The third-order valence-corrected chi connectivity index (χ3v) is 2.27. The first-order valence-electron chi connectivity index (χ1n) is 4.92. The van der Waals surface area contributed by atoms with E-state index in [-0.39, 0.29) is 0 Å². The number of nitrogens with one attached hydrogen (secondary N) is 2. The van der Waals surface area contributed by atoms with Crippen molar-refractivity contribution in [3.63, 3.8) is 0 Å². The molecule has 0 aliphatic carbocycles. The fraction of sp³-hybridized carbons (Fsp3) is 0.778. The lowest BCUT2D eigenvalue weighted by Gasteiger charge is -2.31. The summed E-state index contributed by atoms with van der Waals surface area (Å²) >= 11 is 0. The number of piperazine rings is 1. The van der Waals surface area contributed by atoms with Crippen molar-refractivity contribution in [2.75, 3.05) is 26.2 Å². The van der Waals surface area contributed by atoms with Crippen LogP contribution in [0.1, 0.15) is 13.8 Å². The molecule has 0 bridgehead atoms. The average Bonchev–Trinajstić information content (AvgIpc) is 2.01. The monoisotopic (exact) mass is 214 g/mol. The van der Waals surface area contributed by atoms with Crippen LogP contribution in [0.25, 0.3) is 0 Å². The van der Waals surface area contributed by atoms with E-state index in [0.29, 0.717) is 18.4 Å². The van der Waals surface area contributed by atoms with Gasteiger partial charge in [-0.25, -0.2) is 4.99 Å². The Bertz CT molecular complexity index is 235. The van der Waals surface area contributed by atoms with Crippen LogP contribution in [0.2, 0.25) is 0 Å². The molecule has 5 heteroatoms. The van der Waals surface area contributed by atoms with Crippen LogP contribution in [-0.2, 0) is 0 Å². The van der Waals surface area contributed by atoms with Gasteiger partial charge in [-0.05, 0) is 13.8 Å². The van der Waals surface area contributed by atoms with Crippen molar-refractivity contribution >= 4 is 20.5 Å². The van der Waals surface area contributed by atoms with E-state index in [2.05, 4.69) is 31.4 Å². The lowest BCUT2D eigenvalue weighted by Crippen LogP contribution is -2.50. The summed E-state index contributed by atoms with van der Waals surface area (Å²) in [6.07, 6.45) is 0. The molecule has 1 heterocycles. The Hall–Kier alpha value is -0.310. The first kappa shape index (κ1) is 11.8. The fourth-order valence-corrected chi connectivity index (χ4v) is 1.77. The maximum atomic E-state index is 7.66. The molecule has 0 saturated carbocycles. The molecule has 0 radical (unpaired) electrons. The second-order valence-electron chi connectivity index (χ2n) is 3.79. The summed E-state index contributed by atoms with van der Waals surface area (Å²) in [4.78, 5) is 6.36. The van der Waals surface area contributed by atoms with Crippen LogP contribution >= 0.6 is 9.24 Å². The number of hydrogen-bond acceptors (Lipinski definition) is 3. The quantitative estimate of drug-likeness (QED) is 0.401. The standard InChI is InChI=1S/C9H19N4P/c1-7-5-13(4-3-11-7)6-9(10)12-8(2)14/h7,10-11H,3-6,14H2,1-2H3/t7-/m1/s1. The third-order valence-electron chi connectivity index (χ3n) is 2.14. The van der Waals surface area contributed by atoms with E-state index in [1.165, 1.54) is 0 Å². The van der Waals surface area contributed by atoms with E-state index in [4.69, 9.17) is 5.41 Å². The zero-order chi connectivity index (χ0) is 10.6. The van der Waals surface area contributed by atoms with Crippen molar-refractivity contribution in [1.29, 1.82) is 5.41 Å². The van der Waals surface area contributed by atoms with Crippen molar-refractivity contribution in [2.45, 2.75) is 19.9 Å². The van der Waals surface area contributed by atoms with E-state index in [9.17, 15) is 0 Å². The van der Waals surface area contributed by atoms with Gasteiger partial charge in [0.05, 0.1) is 6.54 Å². The van der Waals surface area contributed by atoms with Gasteiger partial charge in [-0.1, -0.05) is 9.24 Å². The molecule has 1 aliphatic rings. The number of aliphatic imine (C=N–C) groups is 1. The van der Waals surface area contributed by atoms with Gasteiger partial charge in [0.2, 0.25) is 0 Å². The third kappa shape index (κ3) is 4.27. The number of nitrogens with zero attached hydrogens (tertiary/aromatic N) is 2. The van der Waals surface area contributed by atoms with Gasteiger partial charge in [0.1, 0.15) is 5.84 Å². The Morgan fingerprint density at radius 2 is 2.43 bits per heavy atom. The summed E-state index contributed by atoms with van der Waals surface area (Å²) in [5, 5.41) is 11.0. The highest BCUT2D eigenvalue weighted by Gasteiger charge is 2.15. The molecule has 0 aromatic heterocycles.